The summed E-state index contributed by atoms with van der Waals surface area (Å²) >= 11 is 0. The summed E-state index contributed by atoms with van der Waals surface area (Å²) in [7, 11) is 0. The van der Waals surface area contributed by atoms with E-state index in [1.807, 2.05) is 13.8 Å². The van der Waals surface area contributed by atoms with E-state index in [1.165, 1.54) is 125 Å². The summed E-state index contributed by atoms with van der Waals surface area (Å²) in [6.07, 6.45) is 17.0. The van der Waals surface area contributed by atoms with Gasteiger partial charge in [0.1, 0.15) is 0 Å². The number of benzene rings is 2. The number of aryl methyl sites for hydroxylation is 2. The Morgan fingerprint density at radius 3 is 1.49 bits per heavy atom. The molecule has 0 radical (unpaired) electrons. The molecule has 2 aromatic rings. The summed E-state index contributed by atoms with van der Waals surface area (Å²) in [5.74, 6) is 4.09. The summed E-state index contributed by atoms with van der Waals surface area (Å²) in [4.78, 5) is 14.6. The summed E-state index contributed by atoms with van der Waals surface area (Å²) in [5.41, 5.74) is 7.89. The number of allylic oxidation sites excluding steroid dienone is 3. The molecule has 4 aliphatic rings. The first kappa shape index (κ1) is 52.9. The fraction of sp³-hybridized carbons (Fsp3) is 0.679. The molecule has 59 heavy (non-hydrogen) atoms. The van der Waals surface area contributed by atoms with E-state index in [2.05, 4.69) is 126 Å². The van der Waals surface area contributed by atoms with Gasteiger partial charge in [-0.05, 0) is 190 Å². The minimum atomic E-state index is -0.100. The van der Waals surface area contributed by atoms with Crippen LogP contribution in [-0.2, 0) is 20.4 Å². The van der Waals surface area contributed by atoms with Crippen LogP contribution in [0.4, 0.5) is 0 Å². The first-order valence-electron chi connectivity index (χ1n) is 22.8. The largest absolute Gasteiger partial charge is 0.381 e. The fourth-order valence-corrected chi connectivity index (χ4v) is 9.78. The predicted molar refractivity (Wildman–Crippen MR) is 258 cm³/mol. The first-order valence-corrected chi connectivity index (χ1v) is 22.8. The number of hydrogen-bond donors (Lipinski definition) is 2. The van der Waals surface area contributed by atoms with Crippen molar-refractivity contribution in [3.8, 4) is 0 Å². The topological polar surface area (TPSA) is 53.6 Å². The number of rotatable bonds is 11. The molecule has 6 heteroatoms. The highest BCUT2D eigenvalue weighted by atomic mass is 35.5. The maximum Gasteiger partial charge on any atom is 0.156 e. The van der Waals surface area contributed by atoms with Crippen molar-refractivity contribution in [1.82, 2.24) is 15.5 Å². The SMILES string of the molecule is C.C1CC(C2CCOCC2)CCN1.CC(C)=CC(=O)CC(C)(C)c1ccc(C)cc1.CC(C)=CC(CC(C)(C)c1ccc(C)cc1)N1CCC(C2CCNCC2)CC1.Cl. The molecule has 5 nitrogen and oxygen atoms in total. The average molecular weight is 835 g/mol. The lowest BCUT2D eigenvalue weighted by molar-refractivity contribution is -0.115. The van der Waals surface area contributed by atoms with Gasteiger partial charge in [0, 0.05) is 25.7 Å². The van der Waals surface area contributed by atoms with Crippen LogP contribution in [0.25, 0.3) is 0 Å². The van der Waals surface area contributed by atoms with Crippen LogP contribution in [0.1, 0.15) is 149 Å². The average Bonchev–Trinajstić information content (AvgIpc) is 3.19. The number of nitrogens with zero attached hydrogens (tertiary/aromatic N) is 1. The Morgan fingerprint density at radius 2 is 1.07 bits per heavy atom. The molecule has 2 aromatic carbocycles. The fourth-order valence-electron chi connectivity index (χ4n) is 9.78. The number of nitrogens with one attached hydrogen (secondary N) is 2. The Balaban J connectivity index is 0.000000330. The third-order valence-electron chi connectivity index (χ3n) is 13.4. The van der Waals surface area contributed by atoms with Crippen molar-refractivity contribution in [1.29, 1.82) is 0 Å². The van der Waals surface area contributed by atoms with E-state index in [4.69, 9.17) is 4.74 Å². The minimum absolute atomic E-state index is 0. The van der Waals surface area contributed by atoms with E-state index < -0.39 is 0 Å². The van der Waals surface area contributed by atoms with Gasteiger partial charge in [0.25, 0.3) is 0 Å². The molecule has 334 valence electrons. The van der Waals surface area contributed by atoms with Gasteiger partial charge in [0.05, 0.1) is 0 Å². The highest BCUT2D eigenvalue weighted by Gasteiger charge is 2.33. The van der Waals surface area contributed by atoms with E-state index in [0.29, 0.717) is 12.5 Å². The smallest absolute Gasteiger partial charge is 0.156 e. The zero-order valence-corrected chi connectivity index (χ0v) is 39.4. The van der Waals surface area contributed by atoms with E-state index in [1.54, 1.807) is 6.08 Å². The Bertz CT molecular complexity index is 1500. The molecule has 1 atom stereocenters. The summed E-state index contributed by atoms with van der Waals surface area (Å²) in [5, 5.41) is 6.95. The molecule has 0 saturated carbocycles. The van der Waals surface area contributed by atoms with Gasteiger partial charge < -0.3 is 15.4 Å². The van der Waals surface area contributed by atoms with Crippen molar-refractivity contribution in [2.24, 2.45) is 23.7 Å². The van der Waals surface area contributed by atoms with Crippen molar-refractivity contribution in [2.45, 2.75) is 158 Å². The number of halogens is 1. The van der Waals surface area contributed by atoms with Gasteiger partial charge in [0.2, 0.25) is 0 Å². The van der Waals surface area contributed by atoms with Crippen LogP contribution < -0.4 is 10.6 Å². The van der Waals surface area contributed by atoms with Gasteiger partial charge in [-0.3, -0.25) is 9.69 Å². The van der Waals surface area contributed by atoms with Gasteiger partial charge in [-0.25, -0.2) is 0 Å². The van der Waals surface area contributed by atoms with Gasteiger partial charge in [0.15, 0.2) is 5.78 Å². The lowest BCUT2D eigenvalue weighted by Gasteiger charge is -2.42. The van der Waals surface area contributed by atoms with Crippen LogP contribution in [0, 0.1) is 37.5 Å². The Kier molecular flexibility index (Phi) is 23.5. The maximum absolute atomic E-state index is 11.8. The number of piperidine rings is 3. The summed E-state index contributed by atoms with van der Waals surface area (Å²) in [6, 6.07) is 18.2. The van der Waals surface area contributed by atoms with Crippen LogP contribution >= 0.6 is 12.4 Å². The third kappa shape index (κ3) is 18.3. The van der Waals surface area contributed by atoms with Crippen molar-refractivity contribution in [2.75, 3.05) is 52.5 Å². The van der Waals surface area contributed by atoms with Gasteiger partial charge in [-0.2, -0.15) is 0 Å². The Labute approximate surface area is 369 Å². The maximum atomic E-state index is 11.8. The van der Waals surface area contributed by atoms with Gasteiger partial charge in [-0.15, -0.1) is 12.4 Å². The molecule has 0 aliphatic carbocycles. The molecule has 0 bridgehead atoms. The van der Waals surface area contributed by atoms with Crippen molar-refractivity contribution >= 4 is 18.2 Å². The van der Waals surface area contributed by atoms with E-state index >= 15 is 0 Å². The molecule has 0 spiro atoms. The monoisotopic (exact) mass is 834 g/mol. The highest BCUT2D eigenvalue weighted by Crippen LogP contribution is 2.36. The summed E-state index contributed by atoms with van der Waals surface area (Å²) < 4.78 is 5.37. The molecule has 2 N–H and O–H groups in total. The Hall–Kier alpha value is -2.28. The van der Waals surface area contributed by atoms with Crippen LogP contribution in [0.3, 0.4) is 0 Å². The van der Waals surface area contributed by atoms with Crippen LogP contribution in [0.15, 0.2) is 71.8 Å². The molecule has 0 amide bonds. The van der Waals surface area contributed by atoms with Crippen molar-refractivity contribution in [3.05, 3.63) is 94.1 Å². The number of hydrogen-bond acceptors (Lipinski definition) is 5. The normalized spacial score (nSPS) is 19.3. The molecule has 4 fully saturated rings. The summed E-state index contributed by atoms with van der Waals surface area (Å²) in [6.45, 7) is 31.3. The minimum Gasteiger partial charge on any atom is -0.381 e. The lowest BCUT2D eigenvalue weighted by atomic mass is 9.76. The first-order chi connectivity index (χ1) is 27.1. The van der Waals surface area contributed by atoms with Crippen LogP contribution in [-0.4, -0.2) is 69.2 Å². The van der Waals surface area contributed by atoms with E-state index in [-0.39, 0.29) is 36.4 Å². The highest BCUT2D eigenvalue weighted by molar-refractivity contribution is 5.91. The molecule has 4 aliphatic heterocycles. The van der Waals surface area contributed by atoms with E-state index in [0.717, 1.165) is 42.5 Å². The quantitative estimate of drug-likeness (QED) is 0.174. The van der Waals surface area contributed by atoms with Crippen LogP contribution in [0.2, 0.25) is 0 Å². The second-order valence-electron chi connectivity index (χ2n) is 19.9. The second kappa shape index (κ2) is 26.3. The molecule has 1 unspecified atom stereocenters. The van der Waals surface area contributed by atoms with Gasteiger partial charge in [-0.1, -0.05) is 112 Å². The van der Waals surface area contributed by atoms with Crippen LogP contribution in [0.5, 0.6) is 0 Å². The molecule has 4 heterocycles. The van der Waals surface area contributed by atoms with Gasteiger partial charge >= 0.3 is 0 Å². The zero-order chi connectivity index (χ0) is 41.4. The molecular weight excluding hydrogens is 746 g/mol. The number of ether oxygens (including phenoxy) is 1. The Morgan fingerprint density at radius 1 is 0.661 bits per heavy atom. The molecular formula is C53H88ClN3O2. The number of ketones is 1. The molecule has 6 rings (SSSR count). The zero-order valence-electron chi connectivity index (χ0n) is 38.6. The standard InChI is InChI=1S/C26H42N2.C16H22O.C10H19NO.CH4.ClH/c1-20(2)18-25(19-26(4,5)24-8-6-21(3)7-9-24)28-16-12-23(13-17-28)22-10-14-27-15-11-22;1-12(2)10-15(17)11-16(4,5)14-8-6-13(3)7-9-14;1-5-11-6-2-9(1)10-3-7-12-8-4-10;;/h6-9,18,22-23,25,27H,10-17,19H2,1-5H3;6-10H,11H2,1-5H3;9-11H,1-8H2;1H4;1H. The lowest BCUT2D eigenvalue weighted by Crippen LogP contribution is -2.45. The third-order valence-corrected chi connectivity index (χ3v) is 13.4. The van der Waals surface area contributed by atoms with Crippen molar-refractivity contribution < 1.29 is 9.53 Å². The van der Waals surface area contributed by atoms with Crippen molar-refractivity contribution in [3.63, 3.8) is 0 Å². The van der Waals surface area contributed by atoms with E-state index in [9.17, 15) is 4.79 Å². The number of likely N-dealkylation sites (tertiary alicyclic amines) is 1. The number of carbonyl (C=O) groups excluding carboxylic acids is 1. The second-order valence-corrected chi connectivity index (χ2v) is 19.9. The number of carbonyl (C=O) groups is 1. The molecule has 4 saturated heterocycles. The molecule has 0 aromatic heterocycles. The predicted octanol–water partition coefficient (Wildman–Crippen LogP) is 12.4.